The van der Waals surface area contributed by atoms with Gasteiger partial charge < -0.3 is 5.73 Å². The van der Waals surface area contributed by atoms with Gasteiger partial charge in [-0.2, -0.15) is 0 Å². The van der Waals surface area contributed by atoms with Crippen molar-refractivity contribution in [1.82, 2.24) is 4.98 Å². The van der Waals surface area contributed by atoms with Crippen LogP contribution in [0.2, 0.25) is 0 Å². The quantitative estimate of drug-likeness (QED) is 0.829. The fourth-order valence-corrected chi connectivity index (χ4v) is 1.72. The molecule has 1 aromatic rings. The van der Waals surface area contributed by atoms with Crippen molar-refractivity contribution in [2.75, 3.05) is 0 Å². The molecular weight excluding hydrogens is 228 g/mol. The second kappa shape index (κ2) is 4.72. The molecule has 0 aliphatic heterocycles. The van der Waals surface area contributed by atoms with Crippen LogP contribution in [0.15, 0.2) is 22.9 Å². The van der Waals surface area contributed by atoms with Gasteiger partial charge in [0.25, 0.3) is 0 Å². The van der Waals surface area contributed by atoms with E-state index in [1.54, 1.807) is 6.20 Å². The van der Waals surface area contributed by atoms with Crippen molar-refractivity contribution in [3.63, 3.8) is 0 Å². The Hall–Kier alpha value is -0.410. The number of nitrogens with zero attached hydrogens (tertiary/aromatic N) is 1. The average molecular weight is 243 g/mol. The molecule has 0 spiro atoms. The van der Waals surface area contributed by atoms with Crippen LogP contribution in [0.3, 0.4) is 0 Å². The molecule has 0 saturated carbocycles. The largest absolute Gasteiger partial charge is 0.324 e. The monoisotopic (exact) mass is 242 g/mol. The van der Waals surface area contributed by atoms with Crippen LogP contribution in [0.25, 0.3) is 0 Å². The smallest absolute Gasteiger partial charge is 0.110 e. The minimum Gasteiger partial charge on any atom is -0.324 e. The van der Waals surface area contributed by atoms with Gasteiger partial charge >= 0.3 is 0 Å². The van der Waals surface area contributed by atoms with Gasteiger partial charge in [0, 0.05) is 17.8 Å². The molecule has 72 valence electrons. The first kappa shape index (κ1) is 10.7. The van der Waals surface area contributed by atoms with E-state index in [2.05, 4.69) is 34.8 Å². The number of halogens is 1. The van der Waals surface area contributed by atoms with E-state index in [4.69, 9.17) is 5.73 Å². The first-order chi connectivity index (χ1) is 6.16. The van der Waals surface area contributed by atoms with Gasteiger partial charge in [-0.3, -0.25) is 0 Å². The Balaban J connectivity index is 2.88. The summed E-state index contributed by atoms with van der Waals surface area (Å²) in [6.07, 6.45) is 2.85. The third kappa shape index (κ3) is 2.51. The minimum atomic E-state index is 0.0769. The van der Waals surface area contributed by atoms with Gasteiger partial charge in [-0.25, -0.2) is 4.98 Å². The van der Waals surface area contributed by atoms with Crippen molar-refractivity contribution in [2.45, 2.75) is 26.3 Å². The lowest BCUT2D eigenvalue weighted by atomic mass is 9.95. The number of rotatable bonds is 3. The summed E-state index contributed by atoms with van der Waals surface area (Å²) in [5.74, 6) is 0.487. The Bertz CT molecular complexity index is 275. The Morgan fingerprint density at radius 1 is 1.62 bits per heavy atom. The van der Waals surface area contributed by atoms with E-state index in [0.29, 0.717) is 5.92 Å². The molecule has 0 fully saturated rings. The van der Waals surface area contributed by atoms with Crippen LogP contribution in [0.1, 0.15) is 31.9 Å². The van der Waals surface area contributed by atoms with Crippen LogP contribution >= 0.6 is 15.9 Å². The normalized spacial score (nSPS) is 15.4. The highest BCUT2D eigenvalue weighted by molar-refractivity contribution is 9.10. The maximum Gasteiger partial charge on any atom is 0.110 e. The molecular formula is C10H15BrN2. The van der Waals surface area contributed by atoms with E-state index in [1.807, 2.05) is 12.1 Å². The van der Waals surface area contributed by atoms with Crippen molar-refractivity contribution in [1.29, 1.82) is 0 Å². The predicted octanol–water partition coefficient (Wildman–Crippen LogP) is 2.89. The first-order valence-electron chi connectivity index (χ1n) is 4.52. The zero-order valence-electron chi connectivity index (χ0n) is 8.00. The average Bonchev–Trinajstić information content (AvgIpc) is 2.16. The number of nitrogens with two attached hydrogens (primary N) is 1. The van der Waals surface area contributed by atoms with Gasteiger partial charge in [-0.1, -0.05) is 26.3 Å². The number of hydrogen-bond donors (Lipinski definition) is 1. The summed E-state index contributed by atoms with van der Waals surface area (Å²) < 4.78 is 0.864. The Kier molecular flexibility index (Phi) is 3.88. The maximum absolute atomic E-state index is 6.08. The van der Waals surface area contributed by atoms with E-state index >= 15 is 0 Å². The van der Waals surface area contributed by atoms with E-state index < -0.39 is 0 Å². The van der Waals surface area contributed by atoms with Crippen LogP contribution in [0.5, 0.6) is 0 Å². The fourth-order valence-electron chi connectivity index (χ4n) is 1.21. The lowest BCUT2D eigenvalue weighted by Crippen LogP contribution is -2.19. The highest BCUT2D eigenvalue weighted by Gasteiger charge is 2.15. The van der Waals surface area contributed by atoms with Crippen molar-refractivity contribution in [3.05, 3.63) is 28.5 Å². The molecule has 0 aliphatic rings. The molecule has 13 heavy (non-hydrogen) atoms. The highest BCUT2D eigenvalue weighted by Crippen LogP contribution is 2.26. The number of hydrogen-bond acceptors (Lipinski definition) is 2. The zero-order chi connectivity index (χ0) is 9.84. The summed E-state index contributed by atoms with van der Waals surface area (Å²) in [7, 11) is 0. The molecule has 2 atom stereocenters. The van der Waals surface area contributed by atoms with Crippen molar-refractivity contribution < 1.29 is 0 Å². The SMILES string of the molecule is CCC(C)[C@@H](N)c1cccnc1Br. The molecule has 2 nitrogen and oxygen atoms in total. The van der Waals surface area contributed by atoms with Gasteiger partial charge in [-0.15, -0.1) is 0 Å². The molecule has 0 aromatic carbocycles. The van der Waals surface area contributed by atoms with Crippen molar-refractivity contribution in [3.8, 4) is 0 Å². The van der Waals surface area contributed by atoms with E-state index in [1.165, 1.54) is 0 Å². The molecule has 0 bridgehead atoms. The summed E-state index contributed by atoms with van der Waals surface area (Å²) in [6, 6.07) is 4.02. The van der Waals surface area contributed by atoms with Gasteiger partial charge in [0.2, 0.25) is 0 Å². The second-order valence-electron chi connectivity index (χ2n) is 3.29. The van der Waals surface area contributed by atoms with Gasteiger partial charge in [0.05, 0.1) is 0 Å². The summed E-state index contributed by atoms with van der Waals surface area (Å²) in [5, 5.41) is 0. The van der Waals surface area contributed by atoms with Crippen LogP contribution in [0, 0.1) is 5.92 Å². The lowest BCUT2D eigenvalue weighted by molar-refractivity contribution is 0.454. The second-order valence-corrected chi connectivity index (χ2v) is 4.05. The summed E-state index contributed by atoms with van der Waals surface area (Å²) >= 11 is 3.40. The van der Waals surface area contributed by atoms with Crippen LogP contribution < -0.4 is 5.73 Å². The molecule has 0 aliphatic carbocycles. The standard InChI is InChI=1S/C10H15BrN2/c1-3-7(2)9(12)8-5-4-6-13-10(8)11/h4-7,9H,3,12H2,1-2H3/t7?,9-/m1/s1. The van der Waals surface area contributed by atoms with E-state index in [0.717, 1.165) is 16.6 Å². The van der Waals surface area contributed by atoms with Gasteiger partial charge in [-0.05, 0) is 27.9 Å². The summed E-state index contributed by atoms with van der Waals surface area (Å²) in [4.78, 5) is 4.15. The lowest BCUT2D eigenvalue weighted by Gasteiger charge is -2.19. The molecule has 0 saturated heterocycles. The molecule has 2 N–H and O–H groups in total. The Morgan fingerprint density at radius 3 is 2.85 bits per heavy atom. The summed E-state index contributed by atoms with van der Waals surface area (Å²) in [5.41, 5.74) is 7.17. The minimum absolute atomic E-state index is 0.0769. The third-order valence-electron chi connectivity index (χ3n) is 2.40. The Labute approximate surface area is 87.7 Å². The van der Waals surface area contributed by atoms with Crippen molar-refractivity contribution >= 4 is 15.9 Å². The molecule has 3 heteroatoms. The van der Waals surface area contributed by atoms with Gasteiger partial charge in [0.15, 0.2) is 0 Å². The Morgan fingerprint density at radius 2 is 2.31 bits per heavy atom. The van der Waals surface area contributed by atoms with Gasteiger partial charge in [0.1, 0.15) is 4.60 Å². The molecule has 1 rings (SSSR count). The molecule has 1 heterocycles. The molecule has 1 unspecified atom stereocenters. The topological polar surface area (TPSA) is 38.9 Å². The molecule has 0 radical (unpaired) electrons. The zero-order valence-corrected chi connectivity index (χ0v) is 9.58. The third-order valence-corrected chi connectivity index (χ3v) is 3.07. The molecule has 1 aromatic heterocycles. The van der Waals surface area contributed by atoms with Crippen LogP contribution in [-0.2, 0) is 0 Å². The van der Waals surface area contributed by atoms with Crippen molar-refractivity contribution in [2.24, 2.45) is 11.7 Å². The van der Waals surface area contributed by atoms with Crippen LogP contribution in [0.4, 0.5) is 0 Å². The predicted molar refractivity (Wildman–Crippen MR) is 58.3 cm³/mol. The van der Waals surface area contributed by atoms with E-state index in [9.17, 15) is 0 Å². The van der Waals surface area contributed by atoms with E-state index in [-0.39, 0.29) is 6.04 Å². The summed E-state index contributed by atoms with van der Waals surface area (Å²) in [6.45, 7) is 4.30. The van der Waals surface area contributed by atoms with Crippen LogP contribution in [-0.4, -0.2) is 4.98 Å². The number of pyridine rings is 1. The fraction of sp³-hybridized carbons (Fsp3) is 0.500. The molecule has 0 amide bonds. The number of aromatic nitrogens is 1. The maximum atomic E-state index is 6.08. The first-order valence-corrected chi connectivity index (χ1v) is 5.32. The highest BCUT2D eigenvalue weighted by atomic mass is 79.9.